The highest BCUT2D eigenvalue weighted by Gasteiger charge is 2.20. The van der Waals surface area contributed by atoms with Crippen LogP contribution in [0.4, 0.5) is 0 Å². The summed E-state index contributed by atoms with van der Waals surface area (Å²) in [6, 6.07) is 8.12. The highest BCUT2D eigenvalue weighted by Crippen LogP contribution is 2.31. The van der Waals surface area contributed by atoms with Crippen LogP contribution in [0.25, 0.3) is 0 Å². The highest BCUT2D eigenvalue weighted by atomic mass is 16.5. The molecule has 114 valence electrons. The van der Waals surface area contributed by atoms with Crippen LogP contribution < -0.4 is 10.1 Å². The van der Waals surface area contributed by atoms with Crippen molar-refractivity contribution in [1.29, 1.82) is 0 Å². The molecule has 1 heterocycles. The Bertz CT molecular complexity index is 581. The average molecular weight is 289 g/mol. The Balaban J connectivity index is 2.31. The molecule has 2 aromatic rings. The number of hydrogen-bond acceptors (Lipinski definition) is 4. The van der Waals surface area contributed by atoms with Gasteiger partial charge in [0.25, 0.3) is 0 Å². The maximum absolute atomic E-state index is 5.84. The topological polar surface area (TPSA) is 48.3 Å². The molecule has 0 aliphatic rings. The number of para-hydroxylation sites is 1. The van der Waals surface area contributed by atoms with Gasteiger partial charge in [0.2, 0.25) is 0 Å². The van der Waals surface area contributed by atoms with Gasteiger partial charge in [0.05, 0.1) is 18.3 Å². The van der Waals surface area contributed by atoms with E-state index in [2.05, 4.69) is 16.5 Å². The van der Waals surface area contributed by atoms with E-state index in [-0.39, 0.29) is 6.04 Å². The monoisotopic (exact) mass is 289 g/mol. The first kappa shape index (κ1) is 15.5. The van der Waals surface area contributed by atoms with E-state index in [9.17, 15) is 0 Å². The Hall–Kier alpha value is -1.85. The zero-order valence-electron chi connectivity index (χ0n) is 13.1. The summed E-state index contributed by atoms with van der Waals surface area (Å²) in [5.74, 6) is 0.872. The van der Waals surface area contributed by atoms with Crippen LogP contribution >= 0.6 is 0 Å². The standard InChI is InChI=1S/C16H23N3O2/c1-12-14(11-19(3)18-12)16(17-2)13-7-5-6-8-15(13)21-10-9-20-4/h5-8,11,16-17H,9-10H2,1-4H3. The smallest absolute Gasteiger partial charge is 0.124 e. The number of hydrogen-bond donors (Lipinski definition) is 1. The van der Waals surface area contributed by atoms with Crippen LogP contribution in [0.1, 0.15) is 22.9 Å². The molecule has 0 bridgehead atoms. The lowest BCUT2D eigenvalue weighted by Crippen LogP contribution is -2.19. The zero-order chi connectivity index (χ0) is 15.2. The largest absolute Gasteiger partial charge is 0.491 e. The predicted octanol–water partition coefficient (Wildman–Crippen LogP) is 2.06. The molecule has 1 unspecified atom stereocenters. The normalized spacial score (nSPS) is 12.4. The fraction of sp³-hybridized carbons (Fsp3) is 0.438. The van der Waals surface area contributed by atoms with Crippen molar-refractivity contribution in [3.8, 4) is 5.75 Å². The lowest BCUT2D eigenvalue weighted by Gasteiger charge is -2.20. The molecule has 0 aliphatic heterocycles. The first-order chi connectivity index (χ1) is 10.2. The molecule has 5 heteroatoms. The second-order valence-electron chi connectivity index (χ2n) is 4.94. The van der Waals surface area contributed by atoms with Crippen LogP contribution in [0.3, 0.4) is 0 Å². The summed E-state index contributed by atoms with van der Waals surface area (Å²) in [5, 5.41) is 7.78. The Labute approximate surface area is 125 Å². The number of aryl methyl sites for hydroxylation is 2. The van der Waals surface area contributed by atoms with Crippen molar-refractivity contribution in [2.24, 2.45) is 7.05 Å². The van der Waals surface area contributed by atoms with Gasteiger partial charge in [-0.15, -0.1) is 0 Å². The molecule has 5 nitrogen and oxygen atoms in total. The van der Waals surface area contributed by atoms with Gasteiger partial charge in [-0.1, -0.05) is 18.2 Å². The number of ether oxygens (including phenoxy) is 2. The molecule has 0 spiro atoms. The van der Waals surface area contributed by atoms with Crippen molar-refractivity contribution in [3.63, 3.8) is 0 Å². The quantitative estimate of drug-likeness (QED) is 0.793. The van der Waals surface area contributed by atoms with Crippen LogP contribution in [0, 0.1) is 6.92 Å². The van der Waals surface area contributed by atoms with E-state index >= 15 is 0 Å². The number of benzene rings is 1. The molecule has 21 heavy (non-hydrogen) atoms. The lowest BCUT2D eigenvalue weighted by atomic mass is 9.98. The second-order valence-corrected chi connectivity index (χ2v) is 4.94. The maximum Gasteiger partial charge on any atom is 0.124 e. The molecule has 0 aliphatic carbocycles. The Morgan fingerprint density at radius 3 is 2.62 bits per heavy atom. The van der Waals surface area contributed by atoms with Gasteiger partial charge in [-0.3, -0.25) is 4.68 Å². The molecule has 1 aromatic heterocycles. The molecule has 0 fully saturated rings. The third-order valence-corrected chi connectivity index (χ3v) is 3.43. The summed E-state index contributed by atoms with van der Waals surface area (Å²) >= 11 is 0. The summed E-state index contributed by atoms with van der Waals surface area (Å²) in [5.41, 5.74) is 3.28. The van der Waals surface area contributed by atoms with E-state index in [1.54, 1.807) is 7.11 Å². The molecular formula is C16H23N3O2. The SMILES string of the molecule is CNC(c1ccccc1OCCOC)c1cn(C)nc1C. The van der Waals surface area contributed by atoms with Crippen molar-refractivity contribution in [2.75, 3.05) is 27.4 Å². The lowest BCUT2D eigenvalue weighted by molar-refractivity contribution is 0.145. The van der Waals surface area contributed by atoms with Gasteiger partial charge in [0.15, 0.2) is 0 Å². The number of methoxy groups -OCH3 is 1. The Kier molecular flexibility index (Phi) is 5.36. The van der Waals surface area contributed by atoms with E-state index in [1.165, 1.54) is 0 Å². The Morgan fingerprint density at radius 1 is 1.24 bits per heavy atom. The van der Waals surface area contributed by atoms with Crippen molar-refractivity contribution >= 4 is 0 Å². The van der Waals surface area contributed by atoms with E-state index in [1.807, 2.05) is 50.1 Å². The summed E-state index contributed by atoms with van der Waals surface area (Å²) in [6.07, 6.45) is 2.04. The maximum atomic E-state index is 5.84. The van der Waals surface area contributed by atoms with Crippen molar-refractivity contribution in [2.45, 2.75) is 13.0 Å². The van der Waals surface area contributed by atoms with E-state index in [0.29, 0.717) is 13.2 Å². The first-order valence-corrected chi connectivity index (χ1v) is 7.05. The van der Waals surface area contributed by atoms with Crippen LogP contribution in [-0.2, 0) is 11.8 Å². The molecule has 2 rings (SSSR count). The molecule has 0 radical (unpaired) electrons. The molecule has 0 amide bonds. The summed E-state index contributed by atoms with van der Waals surface area (Å²) in [6.45, 7) is 3.13. The fourth-order valence-corrected chi connectivity index (χ4v) is 2.47. The van der Waals surface area contributed by atoms with Crippen LogP contribution in [0.15, 0.2) is 30.5 Å². The van der Waals surface area contributed by atoms with Gasteiger partial charge in [-0.25, -0.2) is 0 Å². The van der Waals surface area contributed by atoms with Gasteiger partial charge in [-0.05, 0) is 20.0 Å². The van der Waals surface area contributed by atoms with Gasteiger partial charge < -0.3 is 14.8 Å². The molecule has 1 N–H and O–H groups in total. The number of nitrogens with zero attached hydrogens (tertiary/aromatic N) is 2. The van der Waals surface area contributed by atoms with Crippen molar-refractivity contribution < 1.29 is 9.47 Å². The molecule has 0 saturated carbocycles. The Morgan fingerprint density at radius 2 is 2.00 bits per heavy atom. The number of rotatable bonds is 7. The molecule has 1 atom stereocenters. The molecule has 1 aromatic carbocycles. The zero-order valence-corrected chi connectivity index (χ0v) is 13.1. The summed E-state index contributed by atoms with van der Waals surface area (Å²) < 4.78 is 12.7. The van der Waals surface area contributed by atoms with Crippen molar-refractivity contribution in [1.82, 2.24) is 15.1 Å². The summed E-state index contributed by atoms with van der Waals surface area (Å²) in [7, 11) is 5.55. The highest BCUT2D eigenvalue weighted by molar-refractivity contribution is 5.42. The number of nitrogens with one attached hydrogen (secondary N) is 1. The van der Waals surface area contributed by atoms with Gasteiger partial charge in [-0.2, -0.15) is 5.10 Å². The third kappa shape index (κ3) is 3.62. The minimum atomic E-state index is 0.0532. The fourth-order valence-electron chi connectivity index (χ4n) is 2.47. The average Bonchev–Trinajstić information content (AvgIpc) is 2.80. The minimum absolute atomic E-state index is 0.0532. The van der Waals surface area contributed by atoms with Crippen LogP contribution in [-0.4, -0.2) is 37.2 Å². The van der Waals surface area contributed by atoms with E-state index in [0.717, 1.165) is 22.6 Å². The molecule has 0 saturated heterocycles. The third-order valence-electron chi connectivity index (χ3n) is 3.43. The number of aromatic nitrogens is 2. The minimum Gasteiger partial charge on any atom is -0.491 e. The van der Waals surface area contributed by atoms with Crippen LogP contribution in [0.2, 0.25) is 0 Å². The first-order valence-electron chi connectivity index (χ1n) is 7.05. The van der Waals surface area contributed by atoms with E-state index in [4.69, 9.17) is 9.47 Å². The molecular weight excluding hydrogens is 266 g/mol. The van der Waals surface area contributed by atoms with Gasteiger partial charge >= 0.3 is 0 Å². The second kappa shape index (κ2) is 7.24. The van der Waals surface area contributed by atoms with Crippen molar-refractivity contribution in [3.05, 3.63) is 47.3 Å². The summed E-state index contributed by atoms with van der Waals surface area (Å²) in [4.78, 5) is 0. The van der Waals surface area contributed by atoms with Gasteiger partial charge in [0.1, 0.15) is 12.4 Å². The predicted molar refractivity (Wildman–Crippen MR) is 82.7 cm³/mol. The van der Waals surface area contributed by atoms with E-state index < -0.39 is 0 Å². The van der Waals surface area contributed by atoms with Crippen LogP contribution in [0.5, 0.6) is 5.75 Å². The van der Waals surface area contributed by atoms with Gasteiger partial charge in [0, 0.05) is 31.5 Å².